The second kappa shape index (κ2) is 5.71. The van der Waals surface area contributed by atoms with Crippen molar-refractivity contribution in [2.24, 2.45) is 11.5 Å². The highest BCUT2D eigenvalue weighted by Crippen LogP contribution is 2.32. The van der Waals surface area contributed by atoms with Crippen molar-refractivity contribution in [2.75, 3.05) is 18.8 Å². The van der Waals surface area contributed by atoms with Crippen LogP contribution in [-0.2, 0) is 9.59 Å². The van der Waals surface area contributed by atoms with Gasteiger partial charge in [0, 0.05) is 5.39 Å². The Morgan fingerprint density at radius 1 is 1.19 bits per heavy atom. The van der Waals surface area contributed by atoms with Crippen molar-refractivity contribution in [3.63, 3.8) is 0 Å². The SMILES string of the molecule is NC(=O)CN(CC(N)=O)C(=O)c1sc2nnccc2c1N. The van der Waals surface area contributed by atoms with Crippen LogP contribution in [0.5, 0.6) is 0 Å². The summed E-state index contributed by atoms with van der Waals surface area (Å²) < 4.78 is 0. The van der Waals surface area contributed by atoms with Gasteiger partial charge in [0.05, 0.1) is 11.9 Å². The number of carbonyl (C=O) groups excluding carboxylic acids is 3. The van der Waals surface area contributed by atoms with Crippen LogP contribution in [-0.4, -0.2) is 45.9 Å². The standard InChI is InChI=1S/C11H12N6O3S/c12-6(18)3-17(4-7(13)19)11(20)9-8(14)5-1-2-15-16-10(5)21-9/h1-2H,3-4,14H2,(H2,12,18)(H2,13,19). The van der Waals surface area contributed by atoms with Gasteiger partial charge in [0.2, 0.25) is 11.8 Å². The second-order valence-corrected chi connectivity index (χ2v) is 5.19. The van der Waals surface area contributed by atoms with Crippen LogP contribution in [0.3, 0.4) is 0 Å². The number of nitrogen functional groups attached to an aromatic ring is 1. The minimum absolute atomic E-state index is 0.160. The average molecular weight is 308 g/mol. The molecule has 2 aromatic heterocycles. The molecule has 2 rings (SSSR count). The molecule has 0 spiro atoms. The predicted octanol–water partition coefficient (Wildman–Crippen LogP) is -1.31. The summed E-state index contributed by atoms with van der Waals surface area (Å²) in [4.78, 5) is 36.0. The molecule has 9 nitrogen and oxygen atoms in total. The van der Waals surface area contributed by atoms with Crippen LogP contribution in [0, 0.1) is 0 Å². The number of thiophene rings is 1. The summed E-state index contributed by atoms with van der Waals surface area (Å²) in [6, 6.07) is 1.62. The van der Waals surface area contributed by atoms with Gasteiger partial charge >= 0.3 is 0 Å². The van der Waals surface area contributed by atoms with Gasteiger partial charge in [-0.05, 0) is 6.07 Å². The largest absolute Gasteiger partial charge is 0.397 e. The molecule has 0 aliphatic rings. The zero-order valence-electron chi connectivity index (χ0n) is 10.8. The van der Waals surface area contributed by atoms with Gasteiger partial charge in [-0.2, -0.15) is 5.10 Å². The molecular weight excluding hydrogens is 296 g/mol. The first-order valence-corrected chi connectivity index (χ1v) is 6.57. The lowest BCUT2D eigenvalue weighted by atomic mass is 10.2. The third-order valence-corrected chi connectivity index (χ3v) is 3.69. The normalized spacial score (nSPS) is 10.5. The number of amides is 3. The van der Waals surface area contributed by atoms with E-state index in [-0.39, 0.29) is 10.6 Å². The van der Waals surface area contributed by atoms with E-state index >= 15 is 0 Å². The molecule has 0 fully saturated rings. The molecule has 0 unspecified atom stereocenters. The van der Waals surface area contributed by atoms with Crippen molar-refractivity contribution < 1.29 is 14.4 Å². The zero-order chi connectivity index (χ0) is 15.6. The Morgan fingerprint density at radius 2 is 1.81 bits per heavy atom. The predicted molar refractivity (Wildman–Crippen MR) is 76.1 cm³/mol. The summed E-state index contributed by atoms with van der Waals surface area (Å²) >= 11 is 1.02. The number of rotatable bonds is 5. The van der Waals surface area contributed by atoms with Crippen molar-refractivity contribution in [1.29, 1.82) is 0 Å². The molecule has 0 saturated carbocycles. The summed E-state index contributed by atoms with van der Waals surface area (Å²) in [5, 5.41) is 8.14. The number of primary amides is 2. The van der Waals surface area contributed by atoms with Gasteiger partial charge in [-0.15, -0.1) is 16.4 Å². The minimum atomic E-state index is -0.760. The molecule has 6 N–H and O–H groups in total. The smallest absolute Gasteiger partial charge is 0.267 e. The molecule has 3 amide bonds. The monoisotopic (exact) mass is 308 g/mol. The fraction of sp³-hybridized carbons (Fsp3) is 0.182. The number of nitrogens with two attached hydrogens (primary N) is 3. The highest BCUT2D eigenvalue weighted by Gasteiger charge is 2.24. The number of carbonyl (C=O) groups is 3. The van der Waals surface area contributed by atoms with Crippen molar-refractivity contribution in [3.05, 3.63) is 17.1 Å². The number of anilines is 1. The maximum absolute atomic E-state index is 12.4. The maximum atomic E-state index is 12.4. The van der Waals surface area contributed by atoms with Crippen LogP contribution in [0.15, 0.2) is 12.3 Å². The first-order chi connectivity index (χ1) is 9.90. The number of hydrogen-bond donors (Lipinski definition) is 3. The molecule has 10 heteroatoms. The van der Waals surface area contributed by atoms with Crippen LogP contribution < -0.4 is 17.2 Å². The lowest BCUT2D eigenvalue weighted by molar-refractivity contribution is -0.121. The van der Waals surface area contributed by atoms with Gasteiger partial charge in [0.25, 0.3) is 5.91 Å². The summed E-state index contributed by atoms with van der Waals surface area (Å²) in [6.45, 7) is -0.859. The maximum Gasteiger partial charge on any atom is 0.267 e. The average Bonchev–Trinajstić information content (AvgIpc) is 2.74. The molecule has 21 heavy (non-hydrogen) atoms. The van der Waals surface area contributed by atoms with Gasteiger partial charge in [-0.25, -0.2) is 0 Å². The number of hydrogen-bond acceptors (Lipinski definition) is 7. The summed E-state index contributed by atoms with van der Waals surface area (Å²) in [5.74, 6) is -2.12. The minimum Gasteiger partial charge on any atom is -0.397 e. The Morgan fingerprint density at radius 3 is 2.33 bits per heavy atom. The first kappa shape index (κ1) is 14.7. The number of nitrogens with zero attached hydrogens (tertiary/aromatic N) is 3. The van der Waals surface area contributed by atoms with E-state index in [1.807, 2.05) is 0 Å². The molecule has 0 radical (unpaired) electrons. The van der Waals surface area contributed by atoms with E-state index < -0.39 is 30.8 Å². The number of fused-ring (bicyclic) bond motifs is 1. The zero-order valence-corrected chi connectivity index (χ0v) is 11.6. The van der Waals surface area contributed by atoms with E-state index in [0.29, 0.717) is 10.2 Å². The van der Waals surface area contributed by atoms with Crippen LogP contribution in [0.1, 0.15) is 9.67 Å². The first-order valence-electron chi connectivity index (χ1n) is 5.75. The highest BCUT2D eigenvalue weighted by atomic mass is 32.1. The summed E-state index contributed by atoms with van der Waals surface area (Å²) in [7, 11) is 0. The fourth-order valence-electron chi connectivity index (χ4n) is 1.75. The van der Waals surface area contributed by atoms with Crippen LogP contribution in [0.25, 0.3) is 10.2 Å². The molecule has 0 bridgehead atoms. The Kier molecular flexibility index (Phi) is 3.98. The van der Waals surface area contributed by atoms with Crippen molar-refractivity contribution in [2.45, 2.75) is 0 Å². The van der Waals surface area contributed by atoms with Crippen LogP contribution in [0.2, 0.25) is 0 Å². The van der Waals surface area contributed by atoms with E-state index in [9.17, 15) is 14.4 Å². The Labute approximate surface area is 122 Å². The van der Waals surface area contributed by atoms with Gasteiger partial charge in [-0.1, -0.05) is 0 Å². The van der Waals surface area contributed by atoms with E-state index in [1.165, 1.54) is 6.20 Å². The molecule has 2 heterocycles. The van der Waals surface area contributed by atoms with Gasteiger partial charge in [-0.3, -0.25) is 14.4 Å². The van der Waals surface area contributed by atoms with Crippen LogP contribution in [0.4, 0.5) is 5.69 Å². The highest BCUT2D eigenvalue weighted by molar-refractivity contribution is 7.21. The van der Waals surface area contributed by atoms with Gasteiger partial charge in [0.15, 0.2) is 0 Å². The summed E-state index contributed by atoms with van der Waals surface area (Å²) in [6.07, 6.45) is 1.45. The molecular formula is C11H12N6O3S. The number of aromatic nitrogens is 2. The molecule has 0 aromatic carbocycles. The van der Waals surface area contributed by atoms with Crippen molar-refractivity contribution in [3.8, 4) is 0 Å². The quantitative estimate of drug-likeness (QED) is 0.621. The van der Waals surface area contributed by atoms with Crippen molar-refractivity contribution >= 4 is 45.0 Å². The molecule has 110 valence electrons. The molecule has 0 saturated heterocycles. The Balaban J connectivity index is 2.40. The lowest BCUT2D eigenvalue weighted by Gasteiger charge is -2.18. The van der Waals surface area contributed by atoms with E-state index in [1.54, 1.807) is 6.07 Å². The van der Waals surface area contributed by atoms with Crippen LogP contribution >= 0.6 is 11.3 Å². The fourth-order valence-corrected chi connectivity index (χ4v) is 2.76. The molecule has 0 aliphatic heterocycles. The Hall–Kier alpha value is -2.75. The van der Waals surface area contributed by atoms with Gasteiger partial charge < -0.3 is 22.1 Å². The third-order valence-electron chi connectivity index (χ3n) is 2.60. The lowest BCUT2D eigenvalue weighted by Crippen LogP contribution is -2.43. The second-order valence-electron chi connectivity index (χ2n) is 4.19. The summed E-state index contributed by atoms with van der Waals surface area (Å²) in [5.41, 5.74) is 16.2. The van der Waals surface area contributed by atoms with Crippen molar-refractivity contribution in [1.82, 2.24) is 15.1 Å². The molecule has 2 aromatic rings. The van der Waals surface area contributed by atoms with E-state index in [4.69, 9.17) is 17.2 Å². The van der Waals surface area contributed by atoms with Gasteiger partial charge in [0.1, 0.15) is 22.8 Å². The topological polar surface area (TPSA) is 158 Å². The molecule has 0 atom stereocenters. The Bertz CT molecular complexity index is 712. The third kappa shape index (κ3) is 3.05. The van der Waals surface area contributed by atoms with E-state index in [2.05, 4.69) is 10.2 Å². The van der Waals surface area contributed by atoms with E-state index in [0.717, 1.165) is 16.2 Å². The molecule has 0 aliphatic carbocycles.